The highest BCUT2D eigenvalue weighted by Gasteiger charge is 2.40. The molecule has 5 atom stereocenters. The number of alkyl halides is 1. The van der Waals surface area contributed by atoms with Gasteiger partial charge in [0.25, 0.3) is 5.91 Å². The summed E-state index contributed by atoms with van der Waals surface area (Å²) < 4.78 is 0. The first-order valence-corrected chi connectivity index (χ1v) is 9.63. The first kappa shape index (κ1) is 18.0. The van der Waals surface area contributed by atoms with Crippen LogP contribution in [0.1, 0.15) is 39.5 Å². The fourth-order valence-electron chi connectivity index (χ4n) is 4.62. The summed E-state index contributed by atoms with van der Waals surface area (Å²) in [7, 11) is 0. The normalized spacial score (nSPS) is 37.2. The number of carbonyl (C=O) groups excluding carboxylic acids is 2. The van der Waals surface area contributed by atoms with E-state index >= 15 is 0 Å². The number of piperazine rings is 1. The van der Waals surface area contributed by atoms with E-state index in [9.17, 15) is 9.59 Å². The fourth-order valence-corrected chi connectivity index (χ4v) is 4.92. The van der Waals surface area contributed by atoms with Gasteiger partial charge in [-0.1, -0.05) is 26.2 Å². The number of rotatable bonds is 3. The smallest absolute Gasteiger partial charge is 0.253 e. The lowest BCUT2D eigenvalue weighted by Gasteiger charge is -2.46. The molecule has 24 heavy (non-hydrogen) atoms. The van der Waals surface area contributed by atoms with Gasteiger partial charge >= 0.3 is 0 Å². The van der Waals surface area contributed by atoms with Crippen molar-refractivity contribution in [3.8, 4) is 0 Å². The Labute approximate surface area is 149 Å². The van der Waals surface area contributed by atoms with Crippen LogP contribution in [0.3, 0.4) is 0 Å². The molecule has 0 bridgehead atoms. The third kappa shape index (κ3) is 3.55. The van der Waals surface area contributed by atoms with Gasteiger partial charge in [-0.3, -0.25) is 19.9 Å². The van der Waals surface area contributed by atoms with Crippen LogP contribution in [-0.4, -0.2) is 65.3 Å². The highest BCUT2D eigenvalue weighted by molar-refractivity contribution is 6.31. The molecule has 0 spiro atoms. The van der Waals surface area contributed by atoms with Gasteiger partial charge in [0, 0.05) is 31.7 Å². The molecule has 3 aliphatic rings. The lowest BCUT2D eigenvalue weighted by Crippen LogP contribution is -2.66. The average Bonchev–Trinajstić information content (AvgIpc) is 2.57. The van der Waals surface area contributed by atoms with Crippen molar-refractivity contribution in [2.75, 3.05) is 26.2 Å². The van der Waals surface area contributed by atoms with Gasteiger partial charge in [0.15, 0.2) is 0 Å². The van der Waals surface area contributed by atoms with Crippen LogP contribution >= 0.6 is 11.6 Å². The molecule has 0 radical (unpaired) electrons. The Morgan fingerprint density at radius 2 is 1.96 bits per heavy atom. The van der Waals surface area contributed by atoms with Crippen LogP contribution in [0.25, 0.3) is 0 Å². The summed E-state index contributed by atoms with van der Waals surface area (Å²) in [5, 5.41) is -0.610. The minimum atomic E-state index is -0.610. The molecule has 1 saturated carbocycles. The maximum absolute atomic E-state index is 12.7. The number of hydrogen-bond acceptors (Lipinski definition) is 4. The number of hydrogen-bond donors (Lipinski definition) is 2. The molecule has 6 nitrogen and oxygen atoms in total. The molecule has 3 rings (SSSR count). The maximum Gasteiger partial charge on any atom is 0.253 e. The van der Waals surface area contributed by atoms with E-state index in [-0.39, 0.29) is 17.9 Å². The van der Waals surface area contributed by atoms with Gasteiger partial charge in [0.1, 0.15) is 5.38 Å². The van der Waals surface area contributed by atoms with Gasteiger partial charge < -0.3 is 4.90 Å². The number of halogens is 1. The zero-order valence-electron chi connectivity index (χ0n) is 14.6. The molecule has 2 saturated heterocycles. The SMILES string of the molecule is CC1CCCCC1[C@@H](C)N1CCN(C2CNNC(=O)C2Cl)CC1=O. The highest BCUT2D eigenvalue weighted by atomic mass is 35.5. The number of amides is 2. The lowest BCUT2D eigenvalue weighted by atomic mass is 9.76. The van der Waals surface area contributed by atoms with Crippen LogP contribution in [-0.2, 0) is 9.59 Å². The number of nitrogens with zero attached hydrogens (tertiary/aromatic N) is 2. The van der Waals surface area contributed by atoms with Crippen molar-refractivity contribution in [1.29, 1.82) is 0 Å². The largest absolute Gasteiger partial charge is 0.337 e. The van der Waals surface area contributed by atoms with Crippen LogP contribution in [0.2, 0.25) is 0 Å². The van der Waals surface area contributed by atoms with E-state index in [0.717, 1.165) is 13.1 Å². The Morgan fingerprint density at radius 3 is 2.67 bits per heavy atom. The van der Waals surface area contributed by atoms with Gasteiger partial charge in [-0.05, 0) is 25.2 Å². The van der Waals surface area contributed by atoms with Crippen molar-refractivity contribution in [2.24, 2.45) is 11.8 Å². The minimum Gasteiger partial charge on any atom is -0.337 e. The van der Waals surface area contributed by atoms with Crippen LogP contribution < -0.4 is 10.9 Å². The van der Waals surface area contributed by atoms with Crippen molar-refractivity contribution in [3.63, 3.8) is 0 Å². The fraction of sp³-hybridized carbons (Fsp3) is 0.882. The maximum atomic E-state index is 12.7. The van der Waals surface area contributed by atoms with E-state index < -0.39 is 5.38 Å². The molecule has 0 aromatic heterocycles. The second kappa shape index (κ2) is 7.58. The quantitative estimate of drug-likeness (QED) is 0.739. The Morgan fingerprint density at radius 1 is 1.21 bits per heavy atom. The molecule has 1 aliphatic carbocycles. The molecule has 2 aliphatic heterocycles. The van der Waals surface area contributed by atoms with E-state index in [1.807, 2.05) is 0 Å². The Kier molecular flexibility index (Phi) is 5.67. The van der Waals surface area contributed by atoms with Gasteiger partial charge in [-0.15, -0.1) is 11.6 Å². The summed E-state index contributed by atoms with van der Waals surface area (Å²) in [6, 6.07) is 0.171. The van der Waals surface area contributed by atoms with Crippen LogP contribution in [0.5, 0.6) is 0 Å². The Hall–Kier alpha value is -0.850. The van der Waals surface area contributed by atoms with Crippen LogP contribution in [0, 0.1) is 11.8 Å². The second-order valence-corrected chi connectivity index (χ2v) is 8.03. The standard InChI is InChI=1S/C17H29ClN4O2/c1-11-5-3-4-6-13(11)12(2)22-8-7-21(10-15(22)23)14-9-19-20-17(24)16(14)18/h11-14,16,19H,3-10H2,1-2H3,(H,20,24)/t11?,12-,13?,14?,16?/m1/s1. The third-order valence-corrected chi connectivity index (χ3v) is 6.65. The van der Waals surface area contributed by atoms with Crippen molar-refractivity contribution in [3.05, 3.63) is 0 Å². The van der Waals surface area contributed by atoms with E-state index in [1.54, 1.807) is 0 Å². The summed E-state index contributed by atoms with van der Waals surface area (Å²) in [5.41, 5.74) is 5.41. The average molecular weight is 357 g/mol. The molecule has 4 unspecified atom stereocenters. The van der Waals surface area contributed by atoms with Crippen LogP contribution in [0.4, 0.5) is 0 Å². The molecule has 2 amide bonds. The summed E-state index contributed by atoms with van der Waals surface area (Å²) in [6.07, 6.45) is 5.11. The zero-order chi connectivity index (χ0) is 17.3. The molecule has 3 fully saturated rings. The monoisotopic (exact) mass is 356 g/mol. The highest BCUT2D eigenvalue weighted by Crippen LogP contribution is 2.34. The van der Waals surface area contributed by atoms with E-state index in [4.69, 9.17) is 11.6 Å². The minimum absolute atomic E-state index is 0.129. The van der Waals surface area contributed by atoms with E-state index in [1.165, 1.54) is 25.7 Å². The molecule has 136 valence electrons. The van der Waals surface area contributed by atoms with Crippen molar-refractivity contribution < 1.29 is 9.59 Å². The molecule has 2 N–H and O–H groups in total. The van der Waals surface area contributed by atoms with E-state index in [0.29, 0.717) is 31.0 Å². The molecule has 0 aromatic rings. The lowest BCUT2D eigenvalue weighted by molar-refractivity contribution is -0.143. The van der Waals surface area contributed by atoms with E-state index in [2.05, 4.69) is 34.5 Å². The van der Waals surface area contributed by atoms with Gasteiger partial charge in [0.05, 0.1) is 6.54 Å². The molecule has 0 aromatic carbocycles. The van der Waals surface area contributed by atoms with Gasteiger partial charge in [-0.25, -0.2) is 5.43 Å². The zero-order valence-corrected chi connectivity index (χ0v) is 15.4. The summed E-state index contributed by atoms with van der Waals surface area (Å²) in [5.74, 6) is 1.25. The first-order valence-electron chi connectivity index (χ1n) is 9.19. The van der Waals surface area contributed by atoms with Gasteiger partial charge in [0.2, 0.25) is 5.91 Å². The predicted octanol–water partition coefficient (Wildman–Crippen LogP) is 0.956. The second-order valence-electron chi connectivity index (χ2n) is 7.56. The third-order valence-electron chi connectivity index (χ3n) is 6.16. The number of carbonyl (C=O) groups is 2. The summed E-state index contributed by atoms with van der Waals surface area (Å²) in [6.45, 7) is 6.97. The predicted molar refractivity (Wildman–Crippen MR) is 93.4 cm³/mol. The molecule has 7 heteroatoms. The number of hydrazine groups is 1. The molecule has 2 heterocycles. The van der Waals surface area contributed by atoms with Crippen molar-refractivity contribution in [2.45, 2.75) is 57.0 Å². The summed E-state index contributed by atoms with van der Waals surface area (Å²) >= 11 is 6.24. The molecular formula is C17H29ClN4O2. The van der Waals surface area contributed by atoms with Crippen LogP contribution in [0.15, 0.2) is 0 Å². The topological polar surface area (TPSA) is 64.7 Å². The van der Waals surface area contributed by atoms with Gasteiger partial charge in [-0.2, -0.15) is 0 Å². The summed E-state index contributed by atoms with van der Waals surface area (Å²) in [4.78, 5) is 28.6. The molecular weight excluding hydrogens is 328 g/mol. The van der Waals surface area contributed by atoms with Crippen molar-refractivity contribution >= 4 is 23.4 Å². The Balaban J connectivity index is 1.60. The Bertz CT molecular complexity index is 489. The first-order chi connectivity index (χ1) is 11.5. The van der Waals surface area contributed by atoms with Crippen molar-refractivity contribution in [1.82, 2.24) is 20.7 Å². The number of nitrogens with one attached hydrogen (secondary N) is 2.